The Morgan fingerprint density at radius 1 is 0.615 bits per heavy atom. The highest BCUT2D eigenvalue weighted by molar-refractivity contribution is 5.99. The zero-order valence-electron chi connectivity index (χ0n) is 14.6. The lowest BCUT2D eigenvalue weighted by Crippen LogP contribution is -1.86. The monoisotopic (exact) mass is 334 g/mol. The summed E-state index contributed by atoms with van der Waals surface area (Å²) in [6.45, 7) is 0. The van der Waals surface area contributed by atoms with Gasteiger partial charge in [-0.05, 0) is 52.2 Å². The van der Waals surface area contributed by atoms with Crippen LogP contribution >= 0.6 is 0 Å². The van der Waals surface area contributed by atoms with Crippen LogP contribution in [0.5, 0.6) is 5.75 Å². The third-order valence-corrected chi connectivity index (χ3v) is 4.44. The molecule has 0 aromatic heterocycles. The second-order valence-corrected chi connectivity index (χ2v) is 6.05. The zero-order chi connectivity index (χ0) is 17.8. The van der Waals surface area contributed by atoms with E-state index in [1.54, 1.807) is 7.11 Å². The first-order valence-electron chi connectivity index (χ1n) is 8.58. The van der Waals surface area contributed by atoms with Crippen LogP contribution in [0.15, 0.2) is 91.0 Å². The number of benzene rings is 4. The highest BCUT2D eigenvalue weighted by atomic mass is 16.5. The SMILES string of the molecule is COc1ccc(C#Cc2ccc(-c3ccccc3)c3ccccc23)cc1. The van der Waals surface area contributed by atoms with Gasteiger partial charge in [0.2, 0.25) is 0 Å². The van der Waals surface area contributed by atoms with Crippen LogP contribution in [-0.2, 0) is 0 Å². The van der Waals surface area contributed by atoms with Crippen molar-refractivity contribution in [1.29, 1.82) is 0 Å². The van der Waals surface area contributed by atoms with Crippen molar-refractivity contribution in [3.63, 3.8) is 0 Å². The maximum atomic E-state index is 5.20. The standard InChI is InChI=1S/C25H18O/c1-26-22-16-12-19(13-17-22)11-14-21-15-18-24(20-7-3-2-4-8-20)25-10-6-5-9-23(21)25/h2-10,12-13,15-18H,1H3. The van der Waals surface area contributed by atoms with Gasteiger partial charge >= 0.3 is 0 Å². The molecule has 124 valence electrons. The largest absolute Gasteiger partial charge is 0.497 e. The van der Waals surface area contributed by atoms with Crippen LogP contribution < -0.4 is 4.74 Å². The van der Waals surface area contributed by atoms with E-state index in [4.69, 9.17) is 4.74 Å². The number of ether oxygens (including phenoxy) is 1. The predicted octanol–water partition coefficient (Wildman–Crippen LogP) is 5.92. The maximum absolute atomic E-state index is 5.20. The minimum atomic E-state index is 0.841. The van der Waals surface area contributed by atoms with E-state index in [2.05, 4.69) is 72.5 Å². The third-order valence-electron chi connectivity index (χ3n) is 4.44. The van der Waals surface area contributed by atoms with Gasteiger partial charge in [0, 0.05) is 11.1 Å². The molecule has 0 bridgehead atoms. The number of methoxy groups -OCH3 is 1. The van der Waals surface area contributed by atoms with Gasteiger partial charge in [-0.15, -0.1) is 0 Å². The summed E-state index contributed by atoms with van der Waals surface area (Å²) >= 11 is 0. The molecule has 1 nitrogen and oxygen atoms in total. The van der Waals surface area contributed by atoms with Gasteiger partial charge in [-0.3, -0.25) is 0 Å². The molecule has 4 aromatic rings. The van der Waals surface area contributed by atoms with Gasteiger partial charge in [0.25, 0.3) is 0 Å². The summed E-state index contributed by atoms with van der Waals surface area (Å²) < 4.78 is 5.20. The van der Waals surface area contributed by atoms with Crippen LogP contribution in [0.2, 0.25) is 0 Å². The number of hydrogen-bond donors (Lipinski definition) is 0. The van der Waals surface area contributed by atoms with Gasteiger partial charge in [-0.2, -0.15) is 0 Å². The first kappa shape index (κ1) is 16.0. The third kappa shape index (κ3) is 3.18. The minimum absolute atomic E-state index is 0.841. The Labute approximate surface area is 153 Å². The van der Waals surface area contributed by atoms with Crippen LogP contribution in [0.3, 0.4) is 0 Å². The van der Waals surface area contributed by atoms with Crippen LogP contribution in [0.1, 0.15) is 11.1 Å². The average Bonchev–Trinajstić information content (AvgIpc) is 2.73. The molecule has 0 amide bonds. The quantitative estimate of drug-likeness (QED) is 0.414. The summed E-state index contributed by atoms with van der Waals surface area (Å²) in [4.78, 5) is 0. The van der Waals surface area contributed by atoms with E-state index in [9.17, 15) is 0 Å². The second kappa shape index (κ2) is 7.17. The fourth-order valence-electron chi connectivity index (χ4n) is 3.09. The van der Waals surface area contributed by atoms with E-state index in [0.717, 1.165) is 16.9 Å². The van der Waals surface area contributed by atoms with Crippen molar-refractivity contribution in [3.05, 3.63) is 102 Å². The topological polar surface area (TPSA) is 9.23 Å². The highest BCUT2D eigenvalue weighted by Crippen LogP contribution is 2.30. The highest BCUT2D eigenvalue weighted by Gasteiger charge is 2.06. The van der Waals surface area contributed by atoms with Gasteiger partial charge in [0.1, 0.15) is 5.75 Å². The van der Waals surface area contributed by atoms with Crippen molar-refractivity contribution in [2.45, 2.75) is 0 Å². The summed E-state index contributed by atoms with van der Waals surface area (Å²) in [6, 6.07) is 31.0. The summed E-state index contributed by atoms with van der Waals surface area (Å²) in [7, 11) is 1.67. The summed E-state index contributed by atoms with van der Waals surface area (Å²) in [5.74, 6) is 7.43. The molecule has 0 unspecified atom stereocenters. The normalized spacial score (nSPS) is 10.2. The van der Waals surface area contributed by atoms with E-state index < -0.39 is 0 Å². The number of hydrogen-bond acceptors (Lipinski definition) is 1. The molecule has 0 radical (unpaired) electrons. The lowest BCUT2D eigenvalue weighted by molar-refractivity contribution is 0.415. The van der Waals surface area contributed by atoms with Crippen molar-refractivity contribution < 1.29 is 4.74 Å². The summed E-state index contributed by atoms with van der Waals surface area (Å²) in [5.41, 5.74) is 4.47. The van der Waals surface area contributed by atoms with Crippen LogP contribution in [0.25, 0.3) is 21.9 Å². The molecule has 4 rings (SSSR count). The molecule has 4 aromatic carbocycles. The maximum Gasteiger partial charge on any atom is 0.118 e. The molecule has 0 heterocycles. The Balaban J connectivity index is 1.79. The van der Waals surface area contributed by atoms with Crippen molar-refractivity contribution >= 4 is 10.8 Å². The molecule has 0 fully saturated rings. The molecule has 0 atom stereocenters. The van der Waals surface area contributed by atoms with Crippen LogP contribution in [-0.4, -0.2) is 7.11 Å². The molecule has 0 N–H and O–H groups in total. The van der Waals surface area contributed by atoms with Crippen molar-refractivity contribution in [2.24, 2.45) is 0 Å². The van der Waals surface area contributed by atoms with Crippen molar-refractivity contribution in [3.8, 4) is 28.7 Å². The van der Waals surface area contributed by atoms with Gasteiger partial charge in [0.15, 0.2) is 0 Å². The molecule has 1 heteroatoms. The number of fused-ring (bicyclic) bond motifs is 1. The molecular formula is C25H18O. The van der Waals surface area contributed by atoms with Gasteiger partial charge in [-0.1, -0.05) is 72.5 Å². The first-order valence-corrected chi connectivity index (χ1v) is 8.58. The molecular weight excluding hydrogens is 316 g/mol. The zero-order valence-corrected chi connectivity index (χ0v) is 14.6. The fraction of sp³-hybridized carbons (Fsp3) is 0.0400. The molecule has 0 aliphatic heterocycles. The Hall–Kier alpha value is -3.50. The minimum Gasteiger partial charge on any atom is -0.497 e. The van der Waals surface area contributed by atoms with Crippen molar-refractivity contribution in [2.75, 3.05) is 7.11 Å². The fourth-order valence-corrected chi connectivity index (χ4v) is 3.09. The second-order valence-electron chi connectivity index (χ2n) is 6.05. The molecule has 0 aliphatic rings. The van der Waals surface area contributed by atoms with E-state index in [0.29, 0.717) is 0 Å². The van der Waals surface area contributed by atoms with Crippen molar-refractivity contribution in [1.82, 2.24) is 0 Å². The molecule has 0 saturated heterocycles. The summed E-state index contributed by atoms with van der Waals surface area (Å²) in [6.07, 6.45) is 0. The molecule has 0 spiro atoms. The lowest BCUT2D eigenvalue weighted by Gasteiger charge is -2.08. The molecule has 26 heavy (non-hydrogen) atoms. The summed E-state index contributed by atoms with van der Waals surface area (Å²) in [5, 5.41) is 2.40. The van der Waals surface area contributed by atoms with Crippen LogP contribution in [0, 0.1) is 11.8 Å². The Bertz CT molecular complexity index is 1100. The Kier molecular flexibility index (Phi) is 4.41. The first-order chi connectivity index (χ1) is 12.8. The Morgan fingerprint density at radius 3 is 2.04 bits per heavy atom. The Morgan fingerprint density at radius 2 is 1.31 bits per heavy atom. The van der Waals surface area contributed by atoms with Crippen LogP contribution in [0.4, 0.5) is 0 Å². The van der Waals surface area contributed by atoms with Gasteiger partial charge in [0.05, 0.1) is 7.11 Å². The predicted molar refractivity (Wildman–Crippen MR) is 108 cm³/mol. The average molecular weight is 334 g/mol. The number of rotatable bonds is 2. The smallest absolute Gasteiger partial charge is 0.118 e. The van der Waals surface area contributed by atoms with E-state index in [-0.39, 0.29) is 0 Å². The van der Waals surface area contributed by atoms with E-state index in [1.807, 2.05) is 30.3 Å². The molecule has 0 aliphatic carbocycles. The van der Waals surface area contributed by atoms with E-state index >= 15 is 0 Å². The van der Waals surface area contributed by atoms with Gasteiger partial charge in [-0.25, -0.2) is 0 Å². The van der Waals surface area contributed by atoms with E-state index in [1.165, 1.54) is 21.9 Å². The molecule has 0 saturated carbocycles. The lowest BCUT2D eigenvalue weighted by atomic mass is 9.95. The van der Waals surface area contributed by atoms with Gasteiger partial charge < -0.3 is 4.74 Å².